The molecule has 1 amide bonds. The molecule has 4 rings (SSSR count). The maximum Gasteiger partial charge on any atom is 0.242 e. The Bertz CT molecular complexity index is 1000. The maximum absolute atomic E-state index is 13.5. The lowest BCUT2D eigenvalue weighted by molar-refractivity contribution is -0.127. The highest BCUT2D eigenvalue weighted by Gasteiger charge is 2.36. The van der Waals surface area contributed by atoms with Crippen molar-refractivity contribution in [1.82, 2.24) is 10.2 Å². The highest BCUT2D eigenvalue weighted by atomic mass is 32.2. The van der Waals surface area contributed by atoms with E-state index in [1.165, 1.54) is 11.1 Å². The van der Waals surface area contributed by atoms with Gasteiger partial charge in [0.25, 0.3) is 0 Å². The molecule has 0 saturated carbocycles. The quantitative estimate of drug-likeness (QED) is 0.814. The second-order valence-electron chi connectivity index (χ2n) is 9.07. The number of amides is 1. The number of hydrogen-bond donors (Lipinski definition) is 1. The predicted molar refractivity (Wildman–Crippen MR) is 119 cm³/mol. The third-order valence-electron chi connectivity index (χ3n) is 6.55. The molecule has 1 saturated heterocycles. The van der Waals surface area contributed by atoms with Gasteiger partial charge >= 0.3 is 0 Å². The van der Waals surface area contributed by atoms with E-state index in [0.717, 1.165) is 18.4 Å². The minimum absolute atomic E-state index is 0.0264. The minimum Gasteiger partial charge on any atom is -0.348 e. The van der Waals surface area contributed by atoms with Crippen LogP contribution >= 0.6 is 0 Å². The summed E-state index contributed by atoms with van der Waals surface area (Å²) in [6, 6.07) is 17.5. The summed E-state index contributed by atoms with van der Waals surface area (Å²) in [6.07, 6.45) is 1.90. The number of hydrogen-bond acceptors (Lipinski definition) is 4. The number of fused-ring (bicyclic) bond motifs is 1. The molecule has 30 heavy (non-hydrogen) atoms. The van der Waals surface area contributed by atoms with Gasteiger partial charge < -0.3 is 5.32 Å². The minimum atomic E-state index is -3.01. The van der Waals surface area contributed by atoms with Crippen LogP contribution in [0.15, 0.2) is 54.6 Å². The molecule has 1 heterocycles. The lowest BCUT2D eigenvalue weighted by Gasteiger charge is -2.39. The number of nitrogens with zero attached hydrogens (tertiary/aromatic N) is 1. The molecule has 2 unspecified atom stereocenters. The van der Waals surface area contributed by atoms with Crippen LogP contribution in [0.1, 0.15) is 55.5 Å². The average molecular weight is 427 g/mol. The molecule has 1 aliphatic heterocycles. The van der Waals surface area contributed by atoms with Gasteiger partial charge in [0, 0.05) is 13.1 Å². The standard InChI is InChI=1S/C24H30N2O3S/c1-24(2)13-12-21(19-10-6-7-11-20(19)24)25-23(27)22(18-8-4-3-5-9-18)26-14-16-30(28,29)17-15-26/h3-11,21-22H,12-17H2,1-2H3,(H,25,27). The number of rotatable bonds is 4. The molecule has 160 valence electrons. The van der Waals surface area contributed by atoms with Gasteiger partial charge in [-0.25, -0.2) is 8.42 Å². The molecular formula is C24H30N2O3S. The molecule has 2 atom stereocenters. The number of carbonyl (C=O) groups is 1. The summed E-state index contributed by atoms with van der Waals surface area (Å²) in [4.78, 5) is 15.5. The normalized spacial score (nSPS) is 23.9. The molecule has 2 aromatic carbocycles. The van der Waals surface area contributed by atoms with Crippen molar-refractivity contribution in [3.63, 3.8) is 0 Å². The van der Waals surface area contributed by atoms with Crippen molar-refractivity contribution >= 4 is 15.7 Å². The van der Waals surface area contributed by atoms with Crippen LogP contribution in [0.3, 0.4) is 0 Å². The zero-order valence-corrected chi connectivity index (χ0v) is 18.5. The van der Waals surface area contributed by atoms with Crippen molar-refractivity contribution in [3.05, 3.63) is 71.3 Å². The van der Waals surface area contributed by atoms with Crippen molar-refractivity contribution in [2.24, 2.45) is 0 Å². The molecule has 1 fully saturated rings. The van der Waals surface area contributed by atoms with Crippen LogP contribution in [0.25, 0.3) is 0 Å². The molecule has 0 spiro atoms. The van der Waals surface area contributed by atoms with Gasteiger partial charge in [-0.3, -0.25) is 9.69 Å². The zero-order chi connectivity index (χ0) is 21.4. The third kappa shape index (κ3) is 4.30. The Morgan fingerprint density at radius 2 is 1.67 bits per heavy atom. The maximum atomic E-state index is 13.5. The first-order chi connectivity index (χ1) is 14.3. The number of benzene rings is 2. The van der Waals surface area contributed by atoms with Crippen molar-refractivity contribution in [1.29, 1.82) is 0 Å². The van der Waals surface area contributed by atoms with E-state index in [-0.39, 0.29) is 28.9 Å². The second kappa shape index (κ2) is 8.16. The number of nitrogens with one attached hydrogen (secondary N) is 1. The summed E-state index contributed by atoms with van der Waals surface area (Å²) >= 11 is 0. The van der Waals surface area contributed by atoms with Crippen molar-refractivity contribution in [2.75, 3.05) is 24.6 Å². The molecule has 2 aromatic rings. The van der Waals surface area contributed by atoms with Crippen LogP contribution in [-0.4, -0.2) is 43.8 Å². The fourth-order valence-corrected chi connectivity index (χ4v) is 5.99. The van der Waals surface area contributed by atoms with Crippen molar-refractivity contribution < 1.29 is 13.2 Å². The smallest absolute Gasteiger partial charge is 0.242 e. The summed E-state index contributed by atoms with van der Waals surface area (Å²) in [6.45, 7) is 5.27. The van der Waals surface area contributed by atoms with E-state index in [1.54, 1.807) is 0 Å². The van der Waals surface area contributed by atoms with E-state index in [0.29, 0.717) is 13.1 Å². The van der Waals surface area contributed by atoms with Crippen molar-refractivity contribution in [3.8, 4) is 0 Å². The molecule has 0 bridgehead atoms. The van der Waals surface area contributed by atoms with E-state index in [1.807, 2.05) is 41.3 Å². The van der Waals surface area contributed by atoms with Crippen LogP contribution in [0, 0.1) is 0 Å². The van der Waals surface area contributed by atoms with Crippen LogP contribution in [0.2, 0.25) is 0 Å². The molecule has 2 aliphatic rings. The summed E-state index contributed by atoms with van der Waals surface area (Å²) in [7, 11) is -3.01. The zero-order valence-electron chi connectivity index (χ0n) is 17.7. The molecule has 1 N–H and O–H groups in total. The van der Waals surface area contributed by atoms with Gasteiger partial charge in [-0.15, -0.1) is 0 Å². The highest BCUT2D eigenvalue weighted by Crippen LogP contribution is 2.41. The highest BCUT2D eigenvalue weighted by molar-refractivity contribution is 7.91. The fourth-order valence-electron chi connectivity index (χ4n) is 4.76. The van der Waals surface area contributed by atoms with Crippen LogP contribution in [0.4, 0.5) is 0 Å². The first-order valence-electron chi connectivity index (χ1n) is 10.7. The average Bonchev–Trinajstić information content (AvgIpc) is 2.73. The predicted octanol–water partition coefficient (Wildman–Crippen LogP) is 3.39. The lowest BCUT2D eigenvalue weighted by atomic mass is 9.71. The Kier molecular flexibility index (Phi) is 5.73. The SMILES string of the molecule is CC1(C)CCC(NC(=O)C(c2ccccc2)N2CCS(=O)(=O)CC2)c2ccccc21. The van der Waals surface area contributed by atoms with Crippen molar-refractivity contribution in [2.45, 2.75) is 44.2 Å². The van der Waals surface area contributed by atoms with E-state index in [9.17, 15) is 13.2 Å². The first kappa shape index (κ1) is 21.1. The van der Waals surface area contributed by atoms with E-state index in [2.05, 4.69) is 37.4 Å². The third-order valence-corrected chi connectivity index (χ3v) is 8.16. The lowest BCUT2D eigenvalue weighted by Crippen LogP contribution is -2.48. The Balaban J connectivity index is 1.60. The van der Waals surface area contributed by atoms with Gasteiger partial charge in [0.1, 0.15) is 6.04 Å². The van der Waals surface area contributed by atoms with E-state index in [4.69, 9.17) is 0 Å². The van der Waals surface area contributed by atoms with Gasteiger partial charge in [-0.05, 0) is 34.9 Å². The summed E-state index contributed by atoms with van der Waals surface area (Å²) in [5.41, 5.74) is 3.48. The van der Waals surface area contributed by atoms with Crippen LogP contribution < -0.4 is 5.32 Å². The summed E-state index contributed by atoms with van der Waals surface area (Å²) in [5.74, 6) is 0.147. The first-order valence-corrected chi connectivity index (χ1v) is 12.5. The Morgan fingerprint density at radius 1 is 1.03 bits per heavy atom. The number of carbonyl (C=O) groups excluding carboxylic acids is 1. The number of sulfone groups is 1. The van der Waals surface area contributed by atoms with E-state index >= 15 is 0 Å². The van der Waals surface area contributed by atoms with E-state index < -0.39 is 15.9 Å². The Hall–Kier alpha value is -2.18. The summed E-state index contributed by atoms with van der Waals surface area (Å²) < 4.78 is 23.8. The second-order valence-corrected chi connectivity index (χ2v) is 11.4. The molecular weight excluding hydrogens is 396 g/mol. The Labute approximate surface area is 179 Å². The Morgan fingerprint density at radius 3 is 2.37 bits per heavy atom. The van der Waals surface area contributed by atoms with Gasteiger partial charge in [0.15, 0.2) is 9.84 Å². The fraction of sp³-hybridized carbons (Fsp3) is 0.458. The molecule has 0 radical (unpaired) electrons. The molecule has 0 aromatic heterocycles. The largest absolute Gasteiger partial charge is 0.348 e. The summed E-state index contributed by atoms with van der Waals surface area (Å²) in [5, 5.41) is 3.30. The topological polar surface area (TPSA) is 66.5 Å². The van der Waals surface area contributed by atoms with Crippen LogP contribution in [0.5, 0.6) is 0 Å². The molecule has 1 aliphatic carbocycles. The van der Waals surface area contributed by atoms with Crippen LogP contribution in [-0.2, 0) is 20.0 Å². The molecule has 6 heteroatoms. The van der Waals surface area contributed by atoms with Gasteiger partial charge in [-0.1, -0.05) is 68.4 Å². The van der Waals surface area contributed by atoms with Gasteiger partial charge in [0.2, 0.25) is 5.91 Å². The monoisotopic (exact) mass is 426 g/mol. The van der Waals surface area contributed by atoms with Gasteiger partial charge in [0.05, 0.1) is 17.5 Å². The van der Waals surface area contributed by atoms with Gasteiger partial charge in [-0.2, -0.15) is 0 Å². The molecule has 5 nitrogen and oxygen atoms in total.